The van der Waals surface area contributed by atoms with E-state index in [1.54, 1.807) is 12.3 Å². The molecule has 136 valence electrons. The van der Waals surface area contributed by atoms with Crippen molar-refractivity contribution >= 4 is 27.5 Å². The minimum absolute atomic E-state index is 0.00323. The number of halogens is 1. The number of aromatic nitrogens is 2. The van der Waals surface area contributed by atoms with Crippen LogP contribution < -0.4 is 9.64 Å². The molecule has 26 heavy (non-hydrogen) atoms. The van der Waals surface area contributed by atoms with Crippen LogP contribution >= 0.6 is 0 Å². The molecule has 3 aromatic rings. The highest BCUT2D eigenvalue weighted by Crippen LogP contribution is 2.32. The lowest BCUT2D eigenvalue weighted by Crippen LogP contribution is -2.23. The molecule has 0 bridgehead atoms. The van der Waals surface area contributed by atoms with Gasteiger partial charge in [0.15, 0.2) is 11.6 Å². The average Bonchev–Trinajstić information content (AvgIpc) is 2.65. The molecule has 0 aliphatic carbocycles. The van der Waals surface area contributed by atoms with Crippen molar-refractivity contribution in [3.63, 3.8) is 0 Å². The lowest BCUT2D eigenvalue weighted by molar-refractivity contribution is 0.387. The summed E-state index contributed by atoms with van der Waals surface area (Å²) in [7, 11) is 2.35. The Morgan fingerprint density at radius 3 is 2.50 bits per heavy atom. The van der Waals surface area contributed by atoms with E-state index < -0.39 is 16.6 Å². The lowest BCUT2D eigenvalue weighted by Gasteiger charge is -2.27. The highest BCUT2D eigenvalue weighted by Gasteiger charge is 2.18. The number of ether oxygens (including phenoxy) is 1. The van der Waals surface area contributed by atoms with Crippen LogP contribution in [0.5, 0.6) is 5.75 Å². The zero-order valence-electron chi connectivity index (χ0n) is 15.1. The summed E-state index contributed by atoms with van der Waals surface area (Å²) in [6.07, 6.45) is 3.08. The summed E-state index contributed by atoms with van der Waals surface area (Å²) >= 11 is 0. The largest absolute Gasteiger partial charge is 0.494 e. The first-order valence-electron chi connectivity index (χ1n) is 8.07. The van der Waals surface area contributed by atoms with Gasteiger partial charge in [0, 0.05) is 40.5 Å². The van der Waals surface area contributed by atoms with E-state index in [9.17, 15) is 8.60 Å². The van der Waals surface area contributed by atoms with Crippen LogP contribution in [0.4, 0.5) is 10.2 Å². The van der Waals surface area contributed by atoms with E-state index in [2.05, 4.69) is 9.97 Å². The van der Waals surface area contributed by atoms with Gasteiger partial charge in [-0.2, -0.15) is 0 Å². The monoisotopic (exact) mass is 373 g/mol. The molecule has 2 unspecified atom stereocenters. The van der Waals surface area contributed by atoms with Gasteiger partial charge >= 0.3 is 0 Å². The first-order chi connectivity index (χ1) is 12.4. The first-order valence-corrected chi connectivity index (χ1v) is 9.62. The molecular weight excluding hydrogens is 353 g/mol. The molecule has 3 rings (SSSR count). The summed E-state index contributed by atoms with van der Waals surface area (Å²) < 4.78 is 30.6. The average molecular weight is 373 g/mol. The van der Waals surface area contributed by atoms with Crippen molar-refractivity contribution in [1.29, 1.82) is 0 Å². The molecule has 5 nitrogen and oxygen atoms in total. The number of methoxy groups -OCH3 is 1. The maximum absolute atomic E-state index is 14.0. The van der Waals surface area contributed by atoms with E-state index in [0.29, 0.717) is 16.7 Å². The van der Waals surface area contributed by atoms with E-state index >= 15 is 0 Å². The maximum Gasteiger partial charge on any atom is 0.167 e. The third-order valence-corrected chi connectivity index (χ3v) is 5.43. The van der Waals surface area contributed by atoms with Gasteiger partial charge < -0.3 is 9.64 Å². The molecule has 0 saturated heterocycles. The van der Waals surface area contributed by atoms with Gasteiger partial charge in [-0.1, -0.05) is 12.1 Å². The Kier molecular flexibility index (Phi) is 5.18. The molecule has 0 saturated carbocycles. The molecule has 2 atom stereocenters. The molecule has 0 N–H and O–H groups in total. The smallest absolute Gasteiger partial charge is 0.167 e. The quantitative estimate of drug-likeness (QED) is 0.682. The van der Waals surface area contributed by atoms with Crippen molar-refractivity contribution in [2.45, 2.75) is 17.9 Å². The number of hydrogen-bond acceptors (Lipinski definition) is 5. The highest BCUT2D eigenvalue weighted by molar-refractivity contribution is 7.84. The summed E-state index contributed by atoms with van der Waals surface area (Å²) in [6.45, 7) is 2.05. The molecule has 7 heteroatoms. The fourth-order valence-electron chi connectivity index (χ4n) is 2.83. The molecule has 2 aromatic carbocycles. The van der Waals surface area contributed by atoms with Crippen molar-refractivity contribution < 1.29 is 13.3 Å². The Balaban J connectivity index is 2.00. The predicted octanol–water partition coefficient (Wildman–Crippen LogP) is 3.71. The van der Waals surface area contributed by atoms with Gasteiger partial charge in [-0.3, -0.25) is 4.21 Å². The van der Waals surface area contributed by atoms with E-state index in [1.165, 1.54) is 19.5 Å². The van der Waals surface area contributed by atoms with Crippen molar-refractivity contribution in [3.05, 3.63) is 54.1 Å². The summed E-state index contributed by atoms with van der Waals surface area (Å²) in [5.41, 5.74) is 1.58. The summed E-state index contributed by atoms with van der Waals surface area (Å²) in [5.74, 6) is 0.386. The highest BCUT2D eigenvalue weighted by atomic mass is 32.2. The Hall–Kier alpha value is -2.54. The fraction of sp³-hybridized carbons (Fsp3) is 0.263. The van der Waals surface area contributed by atoms with Crippen LogP contribution in [0.3, 0.4) is 0 Å². The Bertz CT molecular complexity index is 963. The zero-order valence-corrected chi connectivity index (χ0v) is 15.9. The Labute approximate surface area is 154 Å². The van der Waals surface area contributed by atoms with Crippen LogP contribution in [-0.2, 0) is 10.8 Å². The zero-order chi connectivity index (χ0) is 18.8. The fourth-order valence-corrected chi connectivity index (χ4v) is 3.35. The first kappa shape index (κ1) is 18.3. The Morgan fingerprint density at radius 1 is 1.19 bits per heavy atom. The van der Waals surface area contributed by atoms with E-state index in [1.807, 2.05) is 43.1 Å². The third-order valence-electron chi connectivity index (χ3n) is 4.50. The van der Waals surface area contributed by atoms with Crippen molar-refractivity contribution in [3.8, 4) is 5.75 Å². The second-order valence-corrected chi connectivity index (χ2v) is 7.39. The third kappa shape index (κ3) is 3.39. The molecular formula is C19H20FN3O2S. The number of anilines is 1. The molecule has 0 fully saturated rings. The van der Waals surface area contributed by atoms with Crippen LogP contribution in [0.15, 0.2) is 47.6 Å². The summed E-state index contributed by atoms with van der Waals surface area (Å²) in [5, 5.41) is 0.714. The van der Waals surface area contributed by atoms with Crippen LogP contribution in [0.1, 0.15) is 18.5 Å². The number of hydrogen-bond donors (Lipinski definition) is 0. The minimum Gasteiger partial charge on any atom is -0.494 e. The molecule has 0 aliphatic heterocycles. The number of nitrogens with zero attached hydrogens (tertiary/aromatic N) is 3. The van der Waals surface area contributed by atoms with Gasteiger partial charge in [-0.25, -0.2) is 14.4 Å². The van der Waals surface area contributed by atoms with Gasteiger partial charge in [0.25, 0.3) is 0 Å². The van der Waals surface area contributed by atoms with Gasteiger partial charge in [-0.15, -0.1) is 0 Å². The van der Waals surface area contributed by atoms with E-state index in [-0.39, 0.29) is 11.8 Å². The van der Waals surface area contributed by atoms with Crippen molar-refractivity contribution in [2.24, 2.45) is 0 Å². The van der Waals surface area contributed by atoms with Gasteiger partial charge in [0.05, 0.1) is 18.7 Å². The standard InChI is InChI=1S/C19H20FN3O2S/c1-12(13-5-7-14(8-6-13)26(4)24)23(2)19-15-9-18(25-3)16(20)10-17(15)21-11-22-19/h5-12H,1-4H3. The lowest BCUT2D eigenvalue weighted by atomic mass is 10.1. The van der Waals surface area contributed by atoms with Crippen LogP contribution in [-0.4, -0.2) is 34.6 Å². The topological polar surface area (TPSA) is 55.3 Å². The molecule has 0 aliphatic rings. The van der Waals surface area contributed by atoms with Crippen LogP contribution in [0.25, 0.3) is 10.9 Å². The van der Waals surface area contributed by atoms with E-state index in [4.69, 9.17) is 4.74 Å². The van der Waals surface area contributed by atoms with Crippen LogP contribution in [0.2, 0.25) is 0 Å². The number of rotatable bonds is 5. The van der Waals surface area contributed by atoms with Gasteiger partial charge in [0.2, 0.25) is 0 Å². The van der Waals surface area contributed by atoms with E-state index in [0.717, 1.165) is 10.5 Å². The van der Waals surface area contributed by atoms with Crippen LogP contribution in [0, 0.1) is 5.82 Å². The molecule has 1 heterocycles. The minimum atomic E-state index is -1.01. The van der Waals surface area contributed by atoms with Crippen molar-refractivity contribution in [2.75, 3.05) is 25.3 Å². The Morgan fingerprint density at radius 2 is 1.88 bits per heavy atom. The SMILES string of the molecule is COc1cc2c(N(C)C(C)c3ccc(S(C)=O)cc3)ncnc2cc1F. The maximum atomic E-state index is 14.0. The van der Waals surface area contributed by atoms with Gasteiger partial charge in [-0.05, 0) is 30.7 Å². The summed E-state index contributed by atoms with van der Waals surface area (Å²) in [4.78, 5) is 11.3. The van der Waals surface area contributed by atoms with Crippen molar-refractivity contribution in [1.82, 2.24) is 9.97 Å². The second-order valence-electron chi connectivity index (χ2n) is 6.01. The molecule has 1 aromatic heterocycles. The predicted molar refractivity (Wildman–Crippen MR) is 102 cm³/mol. The molecule has 0 radical (unpaired) electrons. The molecule has 0 amide bonds. The van der Waals surface area contributed by atoms with Gasteiger partial charge in [0.1, 0.15) is 12.1 Å². The number of benzene rings is 2. The molecule has 0 spiro atoms. The summed E-state index contributed by atoms with van der Waals surface area (Å²) in [6, 6.07) is 10.6. The normalized spacial score (nSPS) is 13.4. The number of fused-ring (bicyclic) bond motifs is 1. The second kappa shape index (κ2) is 7.37.